The molecule has 1 amide bonds. The summed E-state index contributed by atoms with van der Waals surface area (Å²) in [5.74, 6) is -0.417. The first-order valence-corrected chi connectivity index (χ1v) is 13.0. The molecule has 2 aliphatic rings. The van der Waals surface area contributed by atoms with Gasteiger partial charge in [-0.15, -0.1) is 0 Å². The van der Waals surface area contributed by atoms with Crippen molar-refractivity contribution in [3.8, 4) is 0 Å². The van der Waals surface area contributed by atoms with Gasteiger partial charge in [0.2, 0.25) is 15.9 Å². The van der Waals surface area contributed by atoms with E-state index in [1.54, 1.807) is 23.1 Å². The molecule has 33 heavy (non-hydrogen) atoms. The average Bonchev–Trinajstić information content (AvgIpc) is 2.78. The number of piperazine rings is 1. The molecule has 0 N–H and O–H groups in total. The summed E-state index contributed by atoms with van der Waals surface area (Å²) in [7, 11) is -3.81. The number of hydrogen-bond acceptors (Lipinski definition) is 4. The predicted octanol–water partition coefficient (Wildman–Crippen LogP) is 3.64. The molecule has 8 heteroatoms. The number of nitrogens with zero attached hydrogens (tertiary/aromatic N) is 3. The van der Waals surface area contributed by atoms with Gasteiger partial charge in [-0.25, -0.2) is 12.8 Å². The summed E-state index contributed by atoms with van der Waals surface area (Å²) < 4.78 is 43.0. The van der Waals surface area contributed by atoms with Crippen LogP contribution in [0.1, 0.15) is 36.0 Å². The zero-order valence-electron chi connectivity index (χ0n) is 19.6. The molecule has 6 nitrogen and oxygen atoms in total. The van der Waals surface area contributed by atoms with Crippen molar-refractivity contribution in [2.24, 2.45) is 0 Å². The van der Waals surface area contributed by atoms with Crippen LogP contribution in [-0.4, -0.2) is 62.3 Å². The Labute approximate surface area is 196 Å². The topological polar surface area (TPSA) is 60.9 Å². The molecule has 0 aromatic heterocycles. The van der Waals surface area contributed by atoms with Gasteiger partial charge in [-0.1, -0.05) is 36.2 Å². The molecule has 0 bridgehead atoms. The highest BCUT2D eigenvalue weighted by molar-refractivity contribution is 7.89. The number of hydrogen-bond donors (Lipinski definition) is 0. The molecular formula is C25H32FN3O3S. The number of carbonyl (C=O) groups is 1. The Morgan fingerprint density at radius 3 is 2.21 bits per heavy atom. The lowest BCUT2D eigenvalue weighted by atomic mass is 10.0. The van der Waals surface area contributed by atoms with Gasteiger partial charge >= 0.3 is 0 Å². The van der Waals surface area contributed by atoms with Crippen LogP contribution in [0.2, 0.25) is 0 Å². The van der Waals surface area contributed by atoms with E-state index in [-0.39, 0.29) is 11.7 Å². The van der Waals surface area contributed by atoms with E-state index in [9.17, 15) is 17.6 Å². The number of piperidine rings is 1. The van der Waals surface area contributed by atoms with Gasteiger partial charge in [0, 0.05) is 32.7 Å². The van der Waals surface area contributed by atoms with Gasteiger partial charge < -0.3 is 9.80 Å². The fourth-order valence-corrected chi connectivity index (χ4v) is 7.28. The van der Waals surface area contributed by atoms with Gasteiger partial charge in [-0.3, -0.25) is 4.79 Å². The number of sulfonamides is 1. The Morgan fingerprint density at radius 2 is 1.58 bits per heavy atom. The smallest absolute Gasteiger partial charge is 0.244 e. The minimum atomic E-state index is -3.81. The van der Waals surface area contributed by atoms with Crippen molar-refractivity contribution in [2.45, 2.75) is 51.0 Å². The van der Waals surface area contributed by atoms with Crippen molar-refractivity contribution >= 4 is 21.6 Å². The SMILES string of the molecule is Cc1cc(C)c(S(=O)(=O)N2CCCC[C@H]2C(=O)N2CCN(c3ccccc3F)CC2)c(C)c1. The Morgan fingerprint density at radius 1 is 0.939 bits per heavy atom. The first-order valence-electron chi connectivity index (χ1n) is 11.6. The zero-order valence-corrected chi connectivity index (χ0v) is 20.4. The molecule has 2 fully saturated rings. The van der Waals surface area contributed by atoms with Crippen LogP contribution in [-0.2, 0) is 14.8 Å². The van der Waals surface area contributed by atoms with E-state index in [1.807, 2.05) is 37.8 Å². The number of benzene rings is 2. The zero-order chi connectivity index (χ0) is 23.8. The van der Waals surface area contributed by atoms with Crippen LogP contribution in [0.5, 0.6) is 0 Å². The van der Waals surface area contributed by atoms with Crippen LogP contribution in [0, 0.1) is 26.6 Å². The summed E-state index contributed by atoms with van der Waals surface area (Å²) in [6, 6.07) is 9.71. The summed E-state index contributed by atoms with van der Waals surface area (Å²) >= 11 is 0. The second kappa shape index (κ2) is 9.43. The summed E-state index contributed by atoms with van der Waals surface area (Å²) in [5, 5.41) is 0. The Bertz CT molecular complexity index is 1120. The van der Waals surface area contributed by atoms with E-state index in [4.69, 9.17) is 0 Å². The second-order valence-electron chi connectivity index (χ2n) is 9.12. The third-order valence-corrected chi connectivity index (χ3v) is 8.91. The van der Waals surface area contributed by atoms with Crippen LogP contribution in [0.4, 0.5) is 10.1 Å². The third-order valence-electron chi connectivity index (χ3n) is 6.69. The highest BCUT2D eigenvalue weighted by Crippen LogP contribution is 2.31. The standard InChI is InChI=1S/C25H32FN3O3S/c1-18-16-19(2)24(20(3)17-18)33(31,32)29-11-7-6-10-23(29)25(30)28-14-12-27(13-15-28)22-9-5-4-8-21(22)26/h4-5,8-9,16-17,23H,6-7,10-15H2,1-3H3/t23-/m0/s1. The van der Waals surface area contributed by atoms with Crippen LogP contribution >= 0.6 is 0 Å². The van der Waals surface area contributed by atoms with Gasteiger partial charge in [-0.05, 0) is 56.9 Å². The Balaban J connectivity index is 1.53. The summed E-state index contributed by atoms with van der Waals surface area (Å²) in [6.07, 6.45) is 2.09. The minimum absolute atomic E-state index is 0.145. The Kier molecular flexibility index (Phi) is 6.77. The Hall–Kier alpha value is -2.45. The molecule has 0 spiro atoms. The second-order valence-corrected chi connectivity index (χ2v) is 10.9. The van der Waals surface area contributed by atoms with Crippen LogP contribution in [0.15, 0.2) is 41.3 Å². The predicted molar refractivity (Wildman–Crippen MR) is 127 cm³/mol. The normalized spacial score (nSPS) is 20.2. The van der Waals surface area contributed by atoms with Gasteiger partial charge in [0.05, 0.1) is 10.6 Å². The number of anilines is 1. The minimum Gasteiger partial charge on any atom is -0.366 e. The lowest BCUT2D eigenvalue weighted by molar-refractivity contribution is -0.136. The van der Waals surface area contributed by atoms with Crippen molar-refractivity contribution in [3.05, 3.63) is 58.9 Å². The maximum atomic E-state index is 14.2. The monoisotopic (exact) mass is 473 g/mol. The molecule has 2 saturated heterocycles. The van der Waals surface area contributed by atoms with Gasteiger partial charge in [0.15, 0.2) is 0 Å². The number of rotatable bonds is 4. The molecule has 2 heterocycles. The van der Waals surface area contributed by atoms with Crippen molar-refractivity contribution < 1.29 is 17.6 Å². The van der Waals surface area contributed by atoms with Gasteiger partial charge in [0.1, 0.15) is 11.9 Å². The van der Waals surface area contributed by atoms with E-state index in [1.165, 1.54) is 10.4 Å². The van der Waals surface area contributed by atoms with E-state index < -0.39 is 16.1 Å². The van der Waals surface area contributed by atoms with E-state index in [2.05, 4.69) is 0 Å². The molecule has 0 radical (unpaired) electrons. The van der Waals surface area contributed by atoms with Crippen molar-refractivity contribution in [1.29, 1.82) is 0 Å². The van der Waals surface area contributed by atoms with Crippen LogP contribution < -0.4 is 4.90 Å². The number of para-hydroxylation sites is 1. The molecule has 2 aromatic rings. The summed E-state index contributed by atoms with van der Waals surface area (Å²) in [5.41, 5.74) is 2.98. The van der Waals surface area contributed by atoms with Crippen molar-refractivity contribution in [1.82, 2.24) is 9.21 Å². The highest BCUT2D eigenvalue weighted by atomic mass is 32.2. The average molecular weight is 474 g/mol. The summed E-state index contributed by atoms with van der Waals surface area (Å²) in [6.45, 7) is 7.85. The lowest BCUT2D eigenvalue weighted by Gasteiger charge is -2.41. The number of amides is 1. The fraction of sp³-hybridized carbons (Fsp3) is 0.480. The van der Waals surface area contributed by atoms with Gasteiger partial charge in [0.25, 0.3) is 0 Å². The van der Waals surface area contributed by atoms with Crippen LogP contribution in [0.25, 0.3) is 0 Å². The fourth-order valence-electron chi connectivity index (χ4n) is 5.22. The summed E-state index contributed by atoms with van der Waals surface area (Å²) in [4.78, 5) is 17.5. The highest BCUT2D eigenvalue weighted by Gasteiger charge is 2.41. The number of carbonyl (C=O) groups excluding carboxylic acids is 1. The quantitative estimate of drug-likeness (QED) is 0.680. The first kappa shape index (κ1) is 23.7. The number of aryl methyl sites for hydroxylation is 3. The maximum Gasteiger partial charge on any atom is 0.244 e. The first-order chi connectivity index (χ1) is 15.7. The molecule has 2 aliphatic heterocycles. The van der Waals surface area contributed by atoms with Crippen molar-refractivity contribution in [2.75, 3.05) is 37.6 Å². The largest absolute Gasteiger partial charge is 0.366 e. The molecule has 178 valence electrons. The molecule has 4 rings (SSSR count). The molecule has 0 unspecified atom stereocenters. The van der Waals surface area contributed by atoms with Crippen molar-refractivity contribution in [3.63, 3.8) is 0 Å². The van der Waals surface area contributed by atoms with Gasteiger partial charge in [-0.2, -0.15) is 4.31 Å². The molecular weight excluding hydrogens is 441 g/mol. The van der Waals surface area contributed by atoms with E-state index in [0.717, 1.165) is 18.4 Å². The third kappa shape index (κ3) is 4.64. The molecule has 2 aromatic carbocycles. The molecule has 1 atom stereocenters. The molecule has 0 aliphatic carbocycles. The molecule has 0 saturated carbocycles. The van der Waals surface area contributed by atoms with Crippen LogP contribution in [0.3, 0.4) is 0 Å². The number of halogens is 1. The van der Waals surface area contributed by atoms with E-state index >= 15 is 0 Å². The maximum absolute atomic E-state index is 14.2. The van der Waals surface area contributed by atoms with E-state index in [0.29, 0.717) is 60.9 Å². The lowest BCUT2D eigenvalue weighted by Crippen LogP contribution is -2.57.